The van der Waals surface area contributed by atoms with Crippen molar-refractivity contribution in [2.24, 2.45) is 0 Å². The average Bonchev–Trinajstić information content (AvgIpc) is 2.39. The lowest BCUT2D eigenvalue weighted by molar-refractivity contribution is -0.123. The van der Waals surface area contributed by atoms with Gasteiger partial charge in [-0.3, -0.25) is 4.79 Å². The van der Waals surface area contributed by atoms with Crippen molar-refractivity contribution < 1.29 is 13.9 Å². The van der Waals surface area contributed by atoms with E-state index in [0.29, 0.717) is 24.0 Å². The quantitative estimate of drug-likeness (QED) is 0.825. The van der Waals surface area contributed by atoms with Gasteiger partial charge in [0.25, 0.3) is 0 Å². The first-order valence-electron chi connectivity index (χ1n) is 6.01. The van der Waals surface area contributed by atoms with Crippen molar-refractivity contribution in [3.63, 3.8) is 0 Å². The maximum absolute atomic E-state index is 13.6. The molecule has 0 N–H and O–H groups in total. The summed E-state index contributed by atoms with van der Waals surface area (Å²) in [6.07, 6.45) is 2.59. The topological polar surface area (TPSA) is 50.1 Å². The van der Waals surface area contributed by atoms with Crippen molar-refractivity contribution in [3.8, 4) is 6.07 Å². The van der Waals surface area contributed by atoms with E-state index < -0.39 is 5.82 Å². The number of ketones is 1. The minimum atomic E-state index is -0.416. The van der Waals surface area contributed by atoms with Gasteiger partial charge in [0.1, 0.15) is 11.6 Å². The van der Waals surface area contributed by atoms with Crippen LogP contribution in [0.2, 0.25) is 0 Å². The van der Waals surface area contributed by atoms with Crippen LogP contribution in [0.1, 0.15) is 36.8 Å². The van der Waals surface area contributed by atoms with Gasteiger partial charge in [-0.05, 0) is 25.0 Å². The third kappa shape index (κ3) is 3.14. The van der Waals surface area contributed by atoms with Crippen molar-refractivity contribution >= 4 is 5.78 Å². The molecule has 0 amide bonds. The smallest absolute Gasteiger partial charge is 0.133 e. The number of hydrogen-bond donors (Lipinski definition) is 0. The molecule has 2 rings (SSSR count). The molecule has 94 valence electrons. The van der Waals surface area contributed by atoms with Crippen molar-refractivity contribution in [3.05, 3.63) is 35.1 Å². The molecule has 3 nitrogen and oxygen atoms in total. The third-order valence-electron chi connectivity index (χ3n) is 3.15. The molecule has 18 heavy (non-hydrogen) atoms. The van der Waals surface area contributed by atoms with Crippen LogP contribution in [0.5, 0.6) is 0 Å². The van der Waals surface area contributed by atoms with Gasteiger partial charge in [0.15, 0.2) is 0 Å². The van der Waals surface area contributed by atoms with E-state index in [2.05, 4.69) is 0 Å². The Balaban J connectivity index is 1.90. The van der Waals surface area contributed by atoms with Crippen molar-refractivity contribution in [1.82, 2.24) is 0 Å². The number of halogens is 1. The highest BCUT2D eigenvalue weighted by Crippen LogP contribution is 2.20. The summed E-state index contributed by atoms with van der Waals surface area (Å²) in [7, 11) is 0. The molecule has 0 radical (unpaired) electrons. The lowest BCUT2D eigenvalue weighted by Crippen LogP contribution is -2.21. The molecule has 0 aliphatic heterocycles. The van der Waals surface area contributed by atoms with Crippen molar-refractivity contribution in [2.75, 3.05) is 0 Å². The maximum atomic E-state index is 13.6. The number of carbonyl (C=O) groups excluding carboxylic acids is 1. The molecule has 1 fully saturated rings. The van der Waals surface area contributed by atoms with E-state index in [0.717, 1.165) is 12.8 Å². The summed E-state index contributed by atoms with van der Waals surface area (Å²) in [6, 6.07) is 6.25. The summed E-state index contributed by atoms with van der Waals surface area (Å²) in [5.74, 6) is -0.139. The van der Waals surface area contributed by atoms with Gasteiger partial charge in [-0.2, -0.15) is 5.26 Å². The monoisotopic (exact) mass is 247 g/mol. The fourth-order valence-electron chi connectivity index (χ4n) is 2.02. The molecule has 1 aliphatic carbocycles. The highest BCUT2D eigenvalue weighted by molar-refractivity contribution is 5.79. The fraction of sp³-hybridized carbons (Fsp3) is 0.429. The number of rotatable bonds is 3. The SMILES string of the molecule is N#Cc1ccc(COC2CCC(=O)CC2)c(F)c1. The minimum absolute atomic E-state index is 0.0396. The van der Waals surface area contributed by atoms with Crippen molar-refractivity contribution in [2.45, 2.75) is 38.4 Å². The van der Waals surface area contributed by atoms with Gasteiger partial charge in [0.05, 0.1) is 24.3 Å². The Hall–Kier alpha value is -1.73. The first-order valence-corrected chi connectivity index (χ1v) is 6.01. The second kappa shape index (κ2) is 5.74. The Bertz CT molecular complexity index is 483. The van der Waals surface area contributed by atoms with Crippen LogP contribution in [0.4, 0.5) is 4.39 Å². The molecule has 1 aromatic rings. The zero-order valence-corrected chi connectivity index (χ0v) is 9.99. The molecule has 4 heteroatoms. The van der Waals surface area contributed by atoms with E-state index in [-0.39, 0.29) is 18.5 Å². The summed E-state index contributed by atoms with van der Waals surface area (Å²) in [4.78, 5) is 11.1. The number of hydrogen-bond acceptors (Lipinski definition) is 3. The van der Waals surface area contributed by atoms with E-state index >= 15 is 0 Å². The zero-order valence-electron chi connectivity index (χ0n) is 9.99. The second-order valence-electron chi connectivity index (χ2n) is 4.47. The molecule has 0 saturated heterocycles. The van der Waals surface area contributed by atoms with E-state index in [1.54, 1.807) is 12.1 Å². The van der Waals surface area contributed by atoms with E-state index in [1.807, 2.05) is 6.07 Å². The molecule has 0 aromatic heterocycles. The highest BCUT2D eigenvalue weighted by Gasteiger charge is 2.19. The third-order valence-corrected chi connectivity index (χ3v) is 3.15. The molecular formula is C14H14FNO2. The van der Waals surface area contributed by atoms with Gasteiger partial charge in [0, 0.05) is 18.4 Å². The lowest BCUT2D eigenvalue weighted by atomic mass is 9.96. The van der Waals surface area contributed by atoms with Gasteiger partial charge in [-0.25, -0.2) is 4.39 Å². The number of carbonyl (C=O) groups is 1. The summed E-state index contributed by atoms with van der Waals surface area (Å²) >= 11 is 0. The highest BCUT2D eigenvalue weighted by atomic mass is 19.1. The van der Waals surface area contributed by atoms with Gasteiger partial charge in [-0.15, -0.1) is 0 Å². The predicted octanol–water partition coefficient (Wildman–Crippen LogP) is 2.73. The Morgan fingerprint density at radius 3 is 2.72 bits per heavy atom. The zero-order chi connectivity index (χ0) is 13.0. The minimum Gasteiger partial charge on any atom is -0.373 e. The number of ether oxygens (including phenoxy) is 1. The Labute approximate surface area is 105 Å². The van der Waals surface area contributed by atoms with E-state index in [1.165, 1.54) is 6.07 Å². The summed E-state index contributed by atoms with van der Waals surface area (Å²) in [5, 5.41) is 8.63. The number of benzene rings is 1. The van der Waals surface area contributed by atoms with Crippen LogP contribution >= 0.6 is 0 Å². The average molecular weight is 247 g/mol. The second-order valence-corrected chi connectivity index (χ2v) is 4.47. The Kier molecular flexibility index (Phi) is 4.06. The molecule has 0 unspecified atom stereocenters. The van der Waals surface area contributed by atoms with Crippen molar-refractivity contribution in [1.29, 1.82) is 5.26 Å². The first-order chi connectivity index (χ1) is 8.69. The largest absolute Gasteiger partial charge is 0.373 e. The van der Waals surface area contributed by atoms with Crippen LogP contribution in [0.15, 0.2) is 18.2 Å². The molecule has 0 atom stereocenters. The normalized spacial score (nSPS) is 16.6. The molecular weight excluding hydrogens is 233 g/mol. The number of Topliss-reactive ketones (excluding diaryl/α,β-unsaturated/α-hetero) is 1. The molecule has 1 aliphatic rings. The number of nitrogens with zero attached hydrogens (tertiary/aromatic N) is 1. The summed E-state index contributed by atoms with van der Waals surface area (Å²) in [5.41, 5.74) is 0.755. The molecule has 0 spiro atoms. The van der Waals surface area contributed by atoms with Gasteiger partial charge >= 0.3 is 0 Å². The lowest BCUT2D eigenvalue weighted by Gasteiger charge is -2.21. The predicted molar refractivity (Wildman–Crippen MR) is 63.2 cm³/mol. The maximum Gasteiger partial charge on any atom is 0.133 e. The van der Waals surface area contributed by atoms with Crippen LogP contribution in [0.3, 0.4) is 0 Å². The first kappa shape index (κ1) is 12.7. The van der Waals surface area contributed by atoms with Crippen LogP contribution < -0.4 is 0 Å². The van der Waals surface area contributed by atoms with Gasteiger partial charge in [-0.1, -0.05) is 6.07 Å². The molecule has 1 aromatic carbocycles. The van der Waals surface area contributed by atoms with Crippen LogP contribution in [0.25, 0.3) is 0 Å². The molecule has 0 heterocycles. The Morgan fingerprint density at radius 2 is 2.11 bits per heavy atom. The van der Waals surface area contributed by atoms with E-state index in [9.17, 15) is 9.18 Å². The number of nitriles is 1. The van der Waals surface area contributed by atoms with Gasteiger partial charge < -0.3 is 4.74 Å². The summed E-state index contributed by atoms with van der Waals surface area (Å²) in [6.45, 7) is 0.191. The van der Waals surface area contributed by atoms with Crippen LogP contribution in [0, 0.1) is 17.1 Å². The van der Waals surface area contributed by atoms with E-state index in [4.69, 9.17) is 10.00 Å². The fourth-order valence-corrected chi connectivity index (χ4v) is 2.02. The summed E-state index contributed by atoms with van der Waals surface area (Å²) < 4.78 is 19.2. The van der Waals surface area contributed by atoms with Crippen LogP contribution in [-0.4, -0.2) is 11.9 Å². The Morgan fingerprint density at radius 1 is 1.39 bits per heavy atom. The standard InChI is InChI=1S/C14H14FNO2/c15-14-7-10(8-16)1-2-11(14)9-18-13-5-3-12(17)4-6-13/h1-2,7,13H,3-6,9H2. The molecule has 0 bridgehead atoms. The molecule has 1 saturated carbocycles. The van der Waals surface area contributed by atoms with Gasteiger partial charge in [0.2, 0.25) is 0 Å². The van der Waals surface area contributed by atoms with Crippen LogP contribution in [-0.2, 0) is 16.1 Å².